The standard InChI is InChI=1S/C18H22N2O4S2/c1-20(2)26(22,23)17-10-5-4-7-14(17)12-19-18(21)13-25-16-9-6-8-15(11-16)24-3/h4-11H,12-13H2,1-3H3,(H,19,21). The quantitative estimate of drug-likeness (QED) is 0.696. The lowest BCUT2D eigenvalue weighted by Crippen LogP contribution is -2.27. The van der Waals surface area contributed by atoms with Crippen LogP contribution < -0.4 is 10.1 Å². The van der Waals surface area contributed by atoms with Crippen LogP contribution in [0.25, 0.3) is 0 Å². The van der Waals surface area contributed by atoms with Crippen molar-refractivity contribution in [2.24, 2.45) is 0 Å². The molecule has 2 rings (SSSR count). The molecule has 0 fully saturated rings. The summed E-state index contributed by atoms with van der Waals surface area (Å²) in [6.45, 7) is 0.154. The van der Waals surface area contributed by atoms with Crippen LogP contribution in [0.5, 0.6) is 5.75 Å². The number of ether oxygens (including phenoxy) is 1. The second-order valence-electron chi connectivity index (χ2n) is 5.64. The number of amides is 1. The van der Waals surface area contributed by atoms with Gasteiger partial charge in [0.05, 0.1) is 17.8 Å². The van der Waals surface area contributed by atoms with Crippen LogP contribution in [0.1, 0.15) is 5.56 Å². The van der Waals surface area contributed by atoms with Crippen LogP contribution in [0.3, 0.4) is 0 Å². The Morgan fingerprint density at radius 1 is 1.15 bits per heavy atom. The minimum atomic E-state index is -3.56. The lowest BCUT2D eigenvalue weighted by Gasteiger charge is -2.15. The lowest BCUT2D eigenvalue weighted by atomic mass is 10.2. The first-order valence-electron chi connectivity index (χ1n) is 7.88. The van der Waals surface area contributed by atoms with Crippen LogP contribution in [-0.4, -0.2) is 45.6 Å². The number of hydrogen-bond donors (Lipinski definition) is 1. The third-order valence-electron chi connectivity index (χ3n) is 3.62. The summed E-state index contributed by atoms with van der Waals surface area (Å²) in [7, 11) is 1.00. The number of nitrogens with zero attached hydrogens (tertiary/aromatic N) is 1. The number of thioether (sulfide) groups is 1. The SMILES string of the molecule is COc1cccc(SCC(=O)NCc2ccccc2S(=O)(=O)N(C)C)c1. The lowest BCUT2D eigenvalue weighted by molar-refractivity contribution is -0.118. The first kappa shape index (κ1) is 20.3. The number of benzene rings is 2. The number of hydrogen-bond acceptors (Lipinski definition) is 5. The molecule has 0 atom stereocenters. The van der Waals surface area contributed by atoms with Crippen LogP contribution in [0.4, 0.5) is 0 Å². The third-order valence-corrected chi connectivity index (χ3v) is 6.53. The van der Waals surface area contributed by atoms with Crippen molar-refractivity contribution < 1.29 is 17.9 Å². The fourth-order valence-corrected chi connectivity index (χ4v) is 4.07. The Hall–Kier alpha value is -2.03. The normalized spacial score (nSPS) is 11.4. The molecule has 6 nitrogen and oxygen atoms in total. The summed E-state index contributed by atoms with van der Waals surface area (Å²) in [6, 6.07) is 14.1. The summed E-state index contributed by atoms with van der Waals surface area (Å²) in [4.78, 5) is 13.2. The second kappa shape index (κ2) is 9.07. The van der Waals surface area contributed by atoms with Gasteiger partial charge < -0.3 is 10.1 Å². The summed E-state index contributed by atoms with van der Waals surface area (Å²) in [5.74, 6) is 0.795. The molecule has 0 spiro atoms. The molecule has 0 saturated heterocycles. The van der Waals surface area contributed by atoms with Gasteiger partial charge in [-0.25, -0.2) is 12.7 Å². The maximum atomic E-state index is 12.4. The first-order chi connectivity index (χ1) is 12.3. The highest BCUT2D eigenvalue weighted by molar-refractivity contribution is 8.00. The molecule has 0 saturated carbocycles. The predicted octanol–water partition coefficient (Wildman–Crippen LogP) is 2.35. The Morgan fingerprint density at radius 2 is 1.88 bits per heavy atom. The summed E-state index contributed by atoms with van der Waals surface area (Å²) in [5.41, 5.74) is 0.556. The summed E-state index contributed by atoms with van der Waals surface area (Å²) in [6.07, 6.45) is 0. The molecular weight excluding hydrogens is 372 g/mol. The minimum Gasteiger partial charge on any atom is -0.497 e. The molecule has 0 heterocycles. The molecule has 1 N–H and O–H groups in total. The van der Waals surface area contributed by atoms with E-state index in [1.54, 1.807) is 31.4 Å². The van der Waals surface area contributed by atoms with Crippen LogP contribution in [0, 0.1) is 0 Å². The molecule has 140 valence electrons. The van der Waals surface area contributed by atoms with Crippen molar-refractivity contribution in [3.05, 3.63) is 54.1 Å². The van der Waals surface area contributed by atoms with Gasteiger partial charge in [0.15, 0.2) is 0 Å². The number of methoxy groups -OCH3 is 1. The molecule has 0 aliphatic carbocycles. The van der Waals surface area contributed by atoms with Gasteiger partial charge in [0, 0.05) is 25.5 Å². The van der Waals surface area contributed by atoms with Gasteiger partial charge in [0.1, 0.15) is 5.75 Å². The van der Waals surface area contributed by atoms with Gasteiger partial charge in [-0.2, -0.15) is 0 Å². The number of rotatable bonds is 8. The summed E-state index contributed by atoms with van der Waals surface area (Å²) >= 11 is 1.39. The van der Waals surface area contributed by atoms with Crippen molar-refractivity contribution in [2.75, 3.05) is 27.0 Å². The molecule has 0 aliphatic heterocycles. The largest absolute Gasteiger partial charge is 0.497 e. The molecule has 0 aromatic heterocycles. The maximum absolute atomic E-state index is 12.4. The van der Waals surface area contributed by atoms with Gasteiger partial charge in [-0.05, 0) is 29.8 Å². The van der Waals surface area contributed by atoms with Gasteiger partial charge >= 0.3 is 0 Å². The zero-order valence-electron chi connectivity index (χ0n) is 14.9. The zero-order chi connectivity index (χ0) is 19.2. The van der Waals surface area contributed by atoms with Crippen molar-refractivity contribution in [3.63, 3.8) is 0 Å². The topological polar surface area (TPSA) is 75.7 Å². The Balaban J connectivity index is 1.98. The molecule has 0 unspecified atom stereocenters. The average Bonchev–Trinajstić information content (AvgIpc) is 2.65. The van der Waals surface area contributed by atoms with Gasteiger partial charge in [-0.15, -0.1) is 11.8 Å². The number of nitrogens with one attached hydrogen (secondary N) is 1. The highest BCUT2D eigenvalue weighted by Crippen LogP contribution is 2.23. The molecule has 1 amide bonds. The Labute approximate surface area is 158 Å². The number of carbonyl (C=O) groups is 1. The van der Waals surface area contributed by atoms with Gasteiger partial charge in [0.2, 0.25) is 15.9 Å². The maximum Gasteiger partial charge on any atom is 0.242 e. The molecule has 0 radical (unpaired) electrons. The smallest absolute Gasteiger partial charge is 0.242 e. The minimum absolute atomic E-state index is 0.154. The van der Waals surface area contributed by atoms with E-state index in [-0.39, 0.29) is 23.1 Å². The van der Waals surface area contributed by atoms with E-state index in [9.17, 15) is 13.2 Å². The van der Waals surface area contributed by atoms with Crippen LogP contribution in [0.2, 0.25) is 0 Å². The zero-order valence-corrected chi connectivity index (χ0v) is 16.6. The Bertz CT molecular complexity index is 867. The fraction of sp³-hybridized carbons (Fsp3) is 0.278. The molecular formula is C18H22N2O4S2. The number of sulfonamides is 1. The molecule has 26 heavy (non-hydrogen) atoms. The first-order valence-corrected chi connectivity index (χ1v) is 10.3. The van der Waals surface area contributed by atoms with E-state index >= 15 is 0 Å². The predicted molar refractivity (Wildman–Crippen MR) is 103 cm³/mol. The van der Waals surface area contributed by atoms with E-state index in [1.165, 1.54) is 25.9 Å². The van der Waals surface area contributed by atoms with Crippen molar-refractivity contribution in [1.82, 2.24) is 9.62 Å². The average molecular weight is 395 g/mol. The van der Waals surface area contributed by atoms with Gasteiger partial charge in [0.25, 0.3) is 0 Å². The molecule has 0 aliphatic rings. The van der Waals surface area contributed by atoms with Crippen LogP contribution >= 0.6 is 11.8 Å². The fourth-order valence-electron chi connectivity index (χ4n) is 2.18. The molecule has 0 bridgehead atoms. The van der Waals surface area contributed by atoms with E-state index in [0.29, 0.717) is 5.56 Å². The third kappa shape index (κ3) is 5.23. The summed E-state index contributed by atoms with van der Waals surface area (Å²) in [5, 5.41) is 2.78. The van der Waals surface area contributed by atoms with Crippen LogP contribution in [0.15, 0.2) is 58.3 Å². The Morgan fingerprint density at radius 3 is 2.58 bits per heavy atom. The second-order valence-corrected chi connectivity index (χ2v) is 8.81. The highest BCUT2D eigenvalue weighted by atomic mass is 32.2. The highest BCUT2D eigenvalue weighted by Gasteiger charge is 2.20. The molecule has 2 aromatic rings. The van der Waals surface area contributed by atoms with Crippen molar-refractivity contribution in [1.29, 1.82) is 0 Å². The van der Waals surface area contributed by atoms with Crippen molar-refractivity contribution in [3.8, 4) is 5.75 Å². The molecule has 8 heteroatoms. The van der Waals surface area contributed by atoms with E-state index in [0.717, 1.165) is 15.0 Å². The monoisotopic (exact) mass is 394 g/mol. The van der Waals surface area contributed by atoms with E-state index < -0.39 is 10.0 Å². The van der Waals surface area contributed by atoms with E-state index in [1.807, 2.05) is 24.3 Å². The van der Waals surface area contributed by atoms with E-state index in [4.69, 9.17) is 4.74 Å². The van der Waals surface area contributed by atoms with Gasteiger partial charge in [-0.3, -0.25) is 4.79 Å². The van der Waals surface area contributed by atoms with Crippen molar-refractivity contribution in [2.45, 2.75) is 16.3 Å². The van der Waals surface area contributed by atoms with Gasteiger partial charge in [-0.1, -0.05) is 24.3 Å². The van der Waals surface area contributed by atoms with E-state index in [2.05, 4.69) is 5.32 Å². The van der Waals surface area contributed by atoms with Crippen LogP contribution in [-0.2, 0) is 21.4 Å². The summed E-state index contributed by atoms with van der Waals surface area (Å²) < 4.78 is 31.0. The van der Waals surface area contributed by atoms with Crippen molar-refractivity contribution >= 4 is 27.7 Å². The molecule has 2 aromatic carbocycles. The Kier molecular flexibility index (Phi) is 7.07. The number of carbonyl (C=O) groups excluding carboxylic acids is 1.